The maximum absolute atomic E-state index is 11.9. The van der Waals surface area contributed by atoms with E-state index in [0.29, 0.717) is 5.58 Å². The summed E-state index contributed by atoms with van der Waals surface area (Å²) < 4.78 is 6.45. The van der Waals surface area contributed by atoms with Crippen LogP contribution in [0.4, 0.5) is 0 Å². The first-order valence-electron chi connectivity index (χ1n) is 7.19. The molecule has 24 heavy (non-hydrogen) atoms. The van der Waals surface area contributed by atoms with E-state index in [9.17, 15) is 4.79 Å². The second kappa shape index (κ2) is 7.39. The highest BCUT2D eigenvalue weighted by Crippen LogP contribution is 2.35. The molecule has 5 heteroatoms. The lowest BCUT2D eigenvalue weighted by Gasteiger charge is -2.12. The van der Waals surface area contributed by atoms with Gasteiger partial charge in [0.25, 0.3) is 0 Å². The molecule has 0 fully saturated rings. The van der Waals surface area contributed by atoms with Crippen molar-refractivity contribution in [3.05, 3.63) is 68.0 Å². The molecule has 0 saturated carbocycles. The number of hydrogen-bond acceptors (Lipinski definition) is 4. The van der Waals surface area contributed by atoms with E-state index in [0.717, 1.165) is 37.7 Å². The lowest BCUT2D eigenvalue weighted by Crippen LogP contribution is -2.00. The van der Waals surface area contributed by atoms with E-state index in [2.05, 4.69) is 22.0 Å². The van der Waals surface area contributed by atoms with Crippen LogP contribution in [0.2, 0.25) is 0 Å². The summed E-state index contributed by atoms with van der Waals surface area (Å²) in [4.78, 5) is 28.1. The number of aryl methyl sites for hydroxylation is 3. The Labute approximate surface area is 147 Å². The largest absolute Gasteiger partial charge is 0.423 e. The molecule has 0 bridgehead atoms. The summed E-state index contributed by atoms with van der Waals surface area (Å²) in [5, 5.41) is 0.984. The predicted molar refractivity (Wildman–Crippen MR) is 94.8 cm³/mol. The summed E-state index contributed by atoms with van der Waals surface area (Å²) in [6, 6.07) is 11.6. The normalized spacial score (nSPS) is 10.0. The Bertz CT molecular complexity index is 996. The second-order valence-corrected chi connectivity index (χ2v) is 6.23. The van der Waals surface area contributed by atoms with Crippen molar-refractivity contribution in [1.82, 2.24) is 0 Å². The summed E-state index contributed by atoms with van der Waals surface area (Å²) in [6.07, 6.45) is 0.250. The smallest absolute Gasteiger partial charge is 0.373 e. The quantitative estimate of drug-likeness (QED) is 0.574. The van der Waals surface area contributed by atoms with Crippen LogP contribution in [0.1, 0.15) is 16.7 Å². The molecule has 4 nitrogen and oxygen atoms in total. The van der Waals surface area contributed by atoms with Crippen molar-refractivity contribution in [3.63, 3.8) is 0 Å². The molecule has 1 heterocycles. The Morgan fingerprint density at radius 3 is 2.33 bits per heavy atom. The van der Waals surface area contributed by atoms with Gasteiger partial charge in [0.05, 0.1) is 0 Å². The fraction of sp³-hybridized carbons (Fsp3) is 0.158. The van der Waals surface area contributed by atoms with Crippen LogP contribution < -0.4 is 5.63 Å². The maximum Gasteiger partial charge on any atom is 0.373 e. The van der Waals surface area contributed by atoms with Gasteiger partial charge in [0.2, 0.25) is 0 Å². The molecule has 2 aromatic carbocycles. The van der Waals surface area contributed by atoms with Gasteiger partial charge in [-0.25, -0.2) is 4.79 Å². The van der Waals surface area contributed by atoms with E-state index in [-0.39, 0.29) is 11.8 Å². The fourth-order valence-corrected chi connectivity index (χ4v) is 3.02. The Balaban J connectivity index is 0.000000647. The Morgan fingerprint density at radius 2 is 1.71 bits per heavy atom. The molecule has 0 aliphatic heterocycles. The van der Waals surface area contributed by atoms with Crippen molar-refractivity contribution in [1.29, 1.82) is 0 Å². The van der Waals surface area contributed by atoms with E-state index in [1.54, 1.807) is 6.07 Å². The highest BCUT2D eigenvalue weighted by Gasteiger charge is 2.14. The molecule has 0 radical (unpaired) electrons. The molecule has 0 spiro atoms. The van der Waals surface area contributed by atoms with Gasteiger partial charge in [-0.3, -0.25) is 0 Å². The molecule has 0 N–H and O–H groups in total. The van der Waals surface area contributed by atoms with Crippen LogP contribution in [-0.2, 0) is 9.59 Å². The van der Waals surface area contributed by atoms with Crippen molar-refractivity contribution >= 4 is 33.1 Å². The van der Waals surface area contributed by atoms with Crippen LogP contribution in [0.5, 0.6) is 0 Å². The topological polar surface area (TPSA) is 64.3 Å². The van der Waals surface area contributed by atoms with Gasteiger partial charge in [-0.05, 0) is 43.5 Å². The molecular weight excluding hydrogens is 372 g/mol. The van der Waals surface area contributed by atoms with Crippen LogP contribution >= 0.6 is 15.9 Å². The first-order valence-corrected chi connectivity index (χ1v) is 7.98. The minimum atomic E-state index is -0.319. The Kier molecular flexibility index (Phi) is 5.50. The average Bonchev–Trinajstić information content (AvgIpc) is 2.52. The van der Waals surface area contributed by atoms with Gasteiger partial charge >= 0.3 is 11.8 Å². The van der Waals surface area contributed by atoms with Gasteiger partial charge in [-0.2, -0.15) is 9.59 Å². The SMILES string of the molecule is Cc1cccc(-c2cc(=O)oc3cc(C)c(Br)c(C)c23)c1.O=C=O. The summed E-state index contributed by atoms with van der Waals surface area (Å²) in [5.41, 5.74) is 5.58. The molecule has 0 aliphatic rings. The molecule has 122 valence electrons. The fourth-order valence-electron chi connectivity index (χ4n) is 2.71. The molecular formula is C19H15BrO4. The van der Waals surface area contributed by atoms with E-state index in [1.165, 1.54) is 0 Å². The van der Waals surface area contributed by atoms with E-state index in [4.69, 9.17) is 14.0 Å². The van der Waals surface area contributed by atoms with Crippen LogP contribution in [-0.4, -0.2) is 6.15 Å². The second-order valence-electron chi connectivity index (χ2n) is 5.44. The zero-order valence-corrected chi connectivity index (χ0v) is 15.1. The zero-order chi connectivity index (χ0) is 17.9. The molecule has 1 aromatic heterocycles. The van der Waals surface area contributed by atoms with Crippen LogP contribution in [0.3, 0.4) is 0 Å². The van der Waals surface area contributed by atoms with Gasteiger partial charge in [-0.1, -0.05) is 45.8 Å². The Morgan fingerprint density at radius 1 is 1.04 bits per heavy atom. The van der Waals surface area contributed by atoms with Crippen molar-refractivity contribution in [2.75, 3.05) is 0 Å². The monoisotopic (exact) mass is 386 g/mol. The third-order valence-corrected chi connectivity index (χ3v) is 4.94. The molecule has 0 amide bonds. The highest BCUT2D eigenvalue weighted by molar-refractivity contribution is 9.10. The van der Waals surface area contributed by atoms with Crippen molar-refractivity contribution < 1.29 is 14.0 Å². The van der Waals surface area contributed by atoms with Crippen LogP contribution in [0, 0.1) is 20.8 Å². The third-order valence-electron chi connectivity index (χ3n) is 3.72. The average molecular weight is 387 g/mol. The molecule has 3 rings (SSSR count). The summed E-state index contributed by atoms with van der Waals surface area (Å²) >= 11 is 3.62. The maximum atomic E-state index is 11.9. The first-order chi connectivity index (χ1) is 11.4. The molecule has 0 saturated heterocycles. The van der Waals surface area contributed by atoms with Crippen LogP contribution in [0.25, 0.3) is 22.1 Å². The van der Waals surface area contributed by atoms with Gasteiger partial charge in [0, 0.05) is 21.5 Å². The number of hydrogen-bond donors (Lipinski definition) is 0. The standard InChI is InChI=1S/C18H15BrO2.CO2/c1-10-5-4-6-13(7-10)14-9-16(20)21-15-8-11(2)18(19)12(3)17(14)15;2-1-3/h4-9H,1-3H3;. The molecule has 3 aromatic rings. The van der Waals surface area contributed by atoms with E-state index < -0.39 is 0 Å². The minimum Gasteiger partial charge on any atom is -0.423 e. The van der Waals surface area contributed by atoms with Crippen LogP contribution in [0.15, 0.2) is 50.1 Å². The van der Waals surface area contributed by atoms with E-state index >= 15 is 0 Å². The van der Waals surface area contributed by atoms with Crippen molar-refractivity contribution in [3.8, 4) is 11.1 Å². The van der Waals surface area contributed by atoms with Gasteiger partial charge < -0.3 is 4.42 Å². The number of fused-ring (bicyclic) bond motifs is 1. The van der Waals surface area contributed by atoms with Gasteiger partial charge in [0.1, 0.15) is 5.58 Å². The molecule has 0 aliphatic carbocycles. The van der Waals surface area contributed by atoms with Crippen molar-refractivity contribution in [2.24, 2.45) is 0 Å². The summed E-state index contributed by atoms with van der Waals surface area (Å²) in [6.45, 7) is 6.08. The lowest BCUT2D eigenvalue weighted by atomic mass is 9.96. The Hall–Kier alpha value is -2.49. The summed E-state index contributed by atoms with van der Waals surface area (Å²) in [7, 11) is 0. The summed E-state index contributed by atoms with van der Waals surface area (Å²) in [5.74, 6) is 0. The van der Waals surface area contributed by atoms with E-state index in [1.807, 2.05) is 45.0 Å². The number of benzene rings is 2. The van der Waals surface area contributed by atoms with Crippen molar-refractivity contribution in [2.45, 2.75) is 20.8 Å². The predicted octanol–water partition coefficient (Wildman–Crippen LogP) is 4.56. The number of rotatable bonds is 1. The molecule has 0 atom stereocenters. The van der Waals surface area contributed by atoms with Gasteiger partial charge in [0.15, 0.2) is 0 Å². The zero-order valence-electron chi connectivity index (χ0n) is 13.5. The lowest BCUT2D eigenvalue weighted by molar-refractivity contribution is -0.191. The molecule has 0 unspecified atom stereocenters. The third kappa shape index (κ3) is 3.53. The highest BCUT2D eigenvalue weighted by atomic mass is 79.9. The number of halogens is 1. The number of carbonyl (C=O) groups excluding carboxylic acids is 2. The first kappa shape index (κ1) is 17.9. The minimum absolute atomic E-state index is 0.250. The van der Waals surface area contributed by atoms with Gasteiger partial charge in [-0.15, -0.1) is 0 Å².